The van der Waals surface area contributed by atoms with Gasteiger partial charge in [-0.1, -0.05) is 0 Å². The van der Waals surface area contributed by atoms with Gasteiger partial charge in [-0.15, -0.1) is 0 Å². The Balaban J connectivity index is 1.44. The molecule has 3 heterocycles. The lowest BCUT2D eigenvalue weighted by molar-refractivity contribution is -0.133. The van der Waals surface area contributed by atoms with E-state index in [2.05, 4.69) is 23.4 Å². The normalized spacial score (nSPS) is 20.0. The Hall–Kier alpha value is -2.15. The molecule has 1 saturated heterocycles. The van der Waals surface area contributed by atoms with Crippen LogP contribution in [-0.4, -0.2) is 49.5 Å². The van der Waals surface area contributed by atoms with Crippen LogP contribution < -0.4 is 5.32 Å². The zero-order valence-corrected chi connectivity index (χ0v) is 16.6. The van der Waals surface area contributed by atoms with Gasteiger partial charge in [-0.2, -0.15) is 10.2 Å². The maximum atomic E-state index is 13.0. The van der Waals surface area contributed by atoms with E-state index in [4.69, 9.17) is 5.10 Å². The maximum Gasteiger partial charge on any atom is 0.244 e. The molecular weight excluding hydrogens is 340 g/mol. The fraction of sp³-hybridized carbons (Fsp3) is 0.650. The van der Waals surface area contributed by atoms with Gasteiger partial charge in [0.15, 0.2) is 0 Å². The molecule has 1 saturated carbocycles. The van der Waals surface area contributed by atoms with Crippen molar-refractivity contribution in [3.8, 4) is 0 Å². The molecule has 7 heteroatoms. The average Bonchev–Trinajstić information content (AvgIpc) is 3.34. The number of carbonyl (C=O) groups excluding carboxylic acids is 1. The summed E-state index contributed by atoms with van der Waals surface area (Å²) in [6, 6.07) is 2.44. The van der Waals surface area contributed by atoms with Gasteiger partial charge in [-0.3, -0.25) is 14.2 Å². The van der Waals surface area contributed by atoms with Crippen LogP contribution in [0.25, 0.3) is 0 Å². The molecule has 1 N–H and O–H groups in total. The highest BCUT2D eigenvalue weighted by Gasteiger charge is 2.33. The lowest BCUT2D eigenvalue weighted by Gasteiger charge is -2.23. The van der Waals surface area contributed by atoms with Gasteiger partial charge >= 0.3 is 0 Å². The molecule has 1 amide bonds. The summed E-state index contributed by atoms with van der Waals surface area (Å²) in [5.74, 6) is 0.618. The van der Waals surface area contributed by atoms with Gasteiger partial charge in [0.05, 0.1) is 11.4 Å². The standard InChI is InChI=1S/C20H30N6O/c1-14-18(15(2)24(3)22-14)12-26(17-6-7-17)20(27)13-25-10-8-19(23-25)16-5-4-9-21-11-16/h8,10,16-17,21H,4-7,9,11-13H2,1-3H3. The Kier molecular flexibility index (Phi) is 5.04. The number of rotatable bonds is 6. The van der Waals surface area contributed by atoms with Crippen LogP contribution in [0.15, 0.2) is 12.3 Å². The molecule has 2 aliphatic rings. The van der Waals surface area contributed by atoms with Gasteiger partial charge in [-0.05, 0) is 52.1 Å². The molecule has 0 radical (unpaired) electrons. The van der Waals surface area contributed by atoms with E-state index >= 15 is 0 Å². The monoisotopic (exact) mass is 370 g/mol. The third kappa shape index (κ3) is 3.93. The van der Waals surface area contributed by atoms with Crippen LogP contribution in [0.2, 0.25) is 0 Å². The van der Waals surface area contributed by atoms with E-state index < -0.39 is 0 Å². The third-order valence-electron chi connectivity index (χ3n) is 5.97. The quantitative estimate of drug-likeness (QED) is 0.843. The van der Waals surface area contributed by atoms with Crippen molar-refractivity contribution < 1.29 is 4.79 Å². The van der Waals surface area contributed by atoms with E-state index in [1.54, 1.807) is 0 Å². The lowest BCUT2D eigenvalue weighted by Crippen LogP contribution is -2.35. The van der Waals surface area contributed by atoms with Crippen LogP contribution in [0.1, 0.15) is 54.2 Å². The molecule has 0 aromatic carbocycles. The molecule has 1 unspecified atom stereocenters. The SMILES string of the molecule is Cc1nn(C)c(C)c1CN(C(=O)Cn1ccc(C2CCCNC2)n1)C1CC1. The highest BCUT2D eigenvalue weighted by atomic mass is 16.2. The Labute approximate surface area is 160 Å². The van der Waals surface area contributed by atoms with Gasteiger partial charge < -0.3 is 10.2 Å². The Bertz CT molecular complexity index is 813. The zero-order valence-electron chi connectivity index (χ0n) is 16.6. The summed E-state index contributed by atoms with van der Waals surface area (Å²) >= 11 is 0. The van der Waals surface area contributed by atoms with Crippen LogP contribution in [0.5, 0.6) is 0 Å². The number of hydrogen-bond acceptors (Lipinski definition) is 4. The Morgan fingerprint density at radius 2 is 2.11 bits per heavy atom. The van der Waals surface area contributed by atoms with Crippen molar-refractivity contribution >= 4 is 5.91 Å². The predicted octanol–water partition coefficient (Wildman–Crippen LogP) is 1.89. The molecule has 2 aromatic heterocycles. The van der Waals surface area contributed by atoms with Gasteiger partial charge in [0.1, 0.15) is 6.54 Å². The van der Waals surface area contributed by atoms with Crippen LogP contribution >= 0.6 is 0 Å². The number of amides is 1. The summed E-state index contributed by atoms with van der Waals surface area (Å²) in [7, 11) is 1.96. The van der Waals surface area contributed by atoms with E-state index in [9.17, 15) is 4.79 Å². The number of piperidine rings is 1. The molecule has 2 fully saturated rings. The Morgan fingerprint density at radius 3 is 2.74 bits per heavy atom. The molecule has 146 valence electrons. The summed E-state index contributed by atoms with van der Waals surface area (Å²) < 4.78 is 3.71. The molecule has 0 bridgehead atoms. The zero-order chi connectivity index (χ0) is 19.0. The fourth-order valence-corrected chi connectivity index (χ4v) is 4.04. The molecule has 7 nitrogen and oxygen atoms in total. The summed E-state index contributed by atoms with van der Waals surface area (Å²) in [5, 5.41) is 12.6. The van der Waals surface area contributed by atoms with Crippen LogP contribution in [-0.2, 0) is 24.9 Å². The van der Waals surface area contributed by atoms with Crippen molar-refractivity contribution in [1.29, 1.82) is 0 Å². The second-order valence-corrected chi connectivity index (χ2v) is 8.01. The molecule has 2 aromatic rings. The number of aryl methyl sites for hydroxylation is 2. The minimum Gasteiger partial charge on any atom is -0.334 e. The first kappa shape index (κ1) is 18.2. The average molecular weight is 371 g/mol. The van der Waals surface area contributed by atoms with Crippen molar-refractivity contribution in [3.05, 3.63) is 34.9 Å². The highest BCUT2D eigenvalue weighted by molar-refractivity contribution is 5.76. The second-order valence-electron chi connectivity index (χ2n) is 8.01. The Morgan fingerprint density at radius 1 is 1.30 bits per heavy atom. The minimum absolute atomic E-state index is 0.150. The second kappa shape index (κ2) is 7.46. The molecule has 1 aliphatic heterocycles. The van der Waals surface area contributed by atoms with Crippen LogP contribution in [0.3, 0.4) is 0 Å². The van der Waals surface area contributed by atoms with Crippen molar-refractivity contribution in [2.75, 3.05) is 13.1 Å². The summed E-state index contributed by atoms with van der Waals surface area (Å²) in [4.78, 5) is 15.1. The van der Waals surface area contributed by atoms with E-state index in [-0.39, 0.29) is 5.91 Å². The molecule has 4 rings (SSSR count). The molecule has 1 atom stereocenters. The van der Waals surface area contributed by atoms with Crippen molar-refractivity contribution in [2.45, 2.75) is 64.6 Å². The molecule has 0 spiro atoms. The van der Waals surface area contributed by atoms with Gasteiger partial charge in [0, 0.05) is 49.6 Å². The number of nitrogens with zero attached hydrogens (tertiary/aromatic N) is 5. The summed E-state index contributed by atoms with van der Waals surface area (Å²) in [6.07, 6.45) is 6.51. The van der Waals surface area contributed by atoms with Crippen molar-refractivity contribution in [3.63, 3.8) is 0 Å². The largest absolute Gasteiger partial charge is 0.334 e. The van der Waals surface area contributed by atoms with Gasteiger partial charge in [0.2, 0.25) is 5.91 Å². The van der Waals surface area contributed by atoms with Crippen LogP contribution in [0, 0.1) is 13.8 Å². The lowest BCUT2D eigenvalue weighted by atomic mass is 9.97. The fourth-order valence-electron chi connectivity index (χ4n) is 4.04. The smallest absolute Gasteiger partial charge is 0.244 e. The van der Waals surface area contributed by atoms with Crippen LogP contribution in [0.4, 0.5) is 0 Å². The first-order valence-electron chi connectivity index (χ1n) is 10.1. The highest BCUT2D eigenvalue weighted by Crippen LogP contribution is 2.30. The van der Waals surface area contributed by atoms with Crippen molar-refractivity contribution in [2.24, 2.45) is 7.05 Å². The predicted molar refractivity (Wildman–Crippen MR) is 103 cm³/mol. The molecular formula is C20H30N6O. The minimum atomic E-state index is 0.150. The van der Waals surface area contributed by atoms with E-state index in [1.807, 2.05) is 34.4 Å². The number of hydrogen-bond donors (Lipinski definition) is 1. The van der Waals surface area contributed by atoms with Gasteiger partial charge in [-0.25, -0.2) is 0 Å². The topological polar surface area (TPSA) is 68.0 Å². The summed E-state index contributed by atoms with van der Waals surface area (Å²) in [5.41, 5.74) is 4.43. The first-order valence-corrected chi connectivity index (χ1v) is 10.1. The number of aromatic nitrogens is 4. The van der Waals surface area contributed by atoms with E-state index in [0.717, 1.165) is 43.0 Å². The van der Waals surface area contributed by atoms with Crippen molar-refractivity contribution in [1.82, 2.24) is 29.8 Å². The number of nitrogens with one attached hydrogen (secondary N) is 1. The third-order valence-corrected chi connectivity index (χ3v) is 5.97. The summed E-state index contributed by atoms with van der Waals surface area (Å²) in [6.45, 7) is 7.14. The maximum absolute atomic E-state index is 13.0. The van der Waals surface area contributed by atoms with E-state index in [0.29, 0.717) is 25.0 Å². The molecule has 27 heavy (non-hydrogen) atoms. The van der Waals surface area contributed by atoms with E-state index in [1.165, 1.54) is 18.4 Å². The number of carbonyl (C=O) groups is 1. The van der Waals surface area contributed by atoms with Gasteiger partial charge in [0.25, 0.3) is 0 Å². The molecule has 1 aliphatic carbocycles. The first-order chi connectivity index (χ1) is 13.0.